The summed E-state index contributed by atoms with van der Waals surface area (Å²) < 4.78 is 5.35. The number of aromatic nitrogens is 1. The number of likely N-dealkylation sites (N-methyl/N-ethyl adjacent to an activating group) is 2. The number of carbonyl (C=O) groups is 1. The summed E-state index contributed by atoms with van der Waals surface area (Å²) >= 11 is 0. The van der Waals surface area contributed by atoms with Crippen LogP contribution in [0.4, 0.5) is 16.3 Å². The molecule has 0 radical (unpaired) electrons. The van der Waals surface area contributed by atoms with Crippen molar-refractivity contribution < 1.29 is 9.53 Å². The lowest BCUT2D eigenvalue weighted by Crippen LogP contribution is -2.41. The molecule has 0 aromatic carbocycles. The molecule has 3 heterocycles. The maximum Gasteiger partial charge on any atom is 0.321 e. The molecule has 7 heteroatoms. The third kappa shape index (κ3) is 3.96. The van der Waals surface area contributed by atoms with Crippen molar-refractivity contribution in [2.45, 2.75) is 19.4 Å². The van der Waals surface area contributed by atoms with E-state index >= 15 is 0 Å². The average Bonchev–Trinajstić information content (AvgIpc) is 3.11. The van der Waals surface area contributed by atoms with Gasteiger partial charge in [-0.2, -0.15) is 0 Å². The second-order valence-corrected chi connectivity index (χ2v) is 6.38. The number of ether oxygens (including phenoxy) is 1. The van der Waals surface area contributed by atoms with Gasteiger partial charge >= 0.3 is 6.03 Å². The van der Waals surface area contributed by atoms with Crippen molar-refractivity contribution in [1.29, 1.82) is 0 Å². The first-order valence-corrected chi connectivity index (χ1v) is 8.72. The highest BCUT2D eigenvalue weighted by Crippen LogP contribution is 2.18. The number of hydrogen-bond acceptors (Lipinski definition) is 5. The Morgan fingerprint density at radius 2 is 2.17 bits per heavy atom. The third-order valence-corrected chi connectivity index (χ3v) is 4.90. The van der Waals surface area contributed by atoms with Crippen molar-refractivity contribution in [2.75, 3.05) is 63.2 Å². The van der Waals surface area contributed by atoms with Gasteiger partial charge in [0.2, 0.25) is 0 Å². The Balaban J connectivity index is 1.54. The molecule has 1 N–H and O–H groups in total. The number of rotatable bonds is 4. The smallest absolute Gasteiger partial charge is 0.321 e. The van der Waals surface area contributed by atoms with Crippen LogP contribution in [-0.2, 0) is 4.74 Å². The van der Waals surface area contributed by atoms with E-state index in [-0.39, 0.29) is 12.1 Å². The van der Waals surface area contributed by atoms with Crippen LogP contribution in [0, 0.1) is 0 Å². The van der Waals surface area contributed by atoms with Crippen LogP contribution in [0.2, 0.25) is 0 Å². The van der Waals surface area contributed by atoms with Crippen LogP contribution >= 0.6 is 0 Å². The van der Waals surface area contributed by atoms with E-state index in [9.17, 15) is 4.79 Å². The van der Waals surface area contributed by atoms with E-state index in [1.54, 1.807) is 6.20 Å². The molecule has 1 aromatic heterocycles. The second-order valence-electron chi connectivity index (χ2n) is 6.38. The molecule has 0 spiro atoms. The van der Waals surface area contributed by atoms with Crippen molar-refractivity contribution in [3.63, 3.8) is 0 Å². The summed E-state index contributed by atoms with van der Waals surface area (Å²) in [5.74, 6) is 0.930. The summed E-state index contributed by atoms with van der Waals surface area (Å²) in [6.45, 7) is 8.41. The molecule has 2 fully saturated rings. The average molecular weight is 333 g/mol. The van der Waals surface area contributed by atoms with E-state index in [0.29, 0.717) is 0 Å². The lowest BCUT2D eigenvalue weighted by atomic mass is 10.2. The van der Waals surface area contributed by atoms with Gasteiger partial charge in [0.15, 0.2) is 0 Å². The number of carbonyl (C=O) groups excluding carboxylic acids is 1. The Bertz CT molecular complexity index is 544. The minimum atomic E-state index is -0.0705. The third-order valence-electron chi connectivity index (χ3n) is 4.90. The molecular formula is C17H27N5O2. The van der Waals surface area contributed by atoms with Crippen LogP contribution in [0.5, 0.6) is 0 Å². The van der Waals surface area contributed by atoms with E-state index in [1.165, 1.54) is 0 Å². The topological polar surface area (TPSA) is 60.9 Å². The number of pyridine rings is 1. The summed E-state index contributed by atoms with van der Waals surface area (Å²) in [7, 11) is 1.87. The monoisotopic (exact) mass is 333 g/mol. The van der Waals surface area contributed by atoms with Gasteiger partial charge in [-0.3, -0.25) is 0 Å². The van der Waals surface area contributed by atoms with E-state index in [0.717, 1.165) is 63.9 Å². The summed E-state index contributed by atoms with van der Waals surface area (Å²) in [6.07, 6.45) is 2.76. The van der Waals surface area contributed by atoms with E-state index in [4.69, 9.17) is 4.74 Å². The Hall–Kier alpha value is -1.86. The van der Waals surface area contributed by atoms with E-state index in [1.807, 2.05) is 24.1 Å². The summed E-state index contributed by atoms with van der Waals surface area (Å²) in [5.41, 5.74) is 0.731. The molecule has 2 aliphatic rings. The quantitative estimate of drug-likeness (QED) is 0.904. The van der Waals surface area contributed by atoms with Crippen molar-refractivity contribution in [3.8, 4) is 0 Å². The van der Waals surface area contributed by atoms with Crippen LogP contribution in [0.25, 0.3) is 0 Å². The minimum absolute atomic E-state index is 0.0705. The number of amides is 2. The standard InChI is InChI=1S/C17H27N5O2/c1-3-21-7-6-15(13-21)20(2)17(23)19-14-4-5-16(18-12-14)22-8-10-24-11-9-22/h4-5,12,15H,3,6-11,13H2,1-2H3,(H,19,23)/t15-/m0/s1. The fraction of sp³-hybridized carbons (Fsp3) is 0.647. The Kier molecular flexibility index (Phi) is 5.52. The largest absolute Gasteiger partial charge is 0.378 e. The van der Waals surface area contributed by atoms with Gasteiger partial charge in [-0.15, -0.1) is 0 Å². The Morgan fingerprint density at radius 1 is 1.38 bits per heavy atom. The van der Waals surface area contributed by atoms with Crippen molar-refractivity contribution in [2.24, 2.45) is 0 Å². The second kappa shape index (κ2) is 7.81. The van der Waals surface area contributed by atoms with Gasteiger partial charge < -0.3 is 24.8 Å². The molecule has 2 amide bonds. The predicted molar refractivity (Wildman–Crippen MR) is 94.6 cm³/mol. The van der Waals surface area contributed by atoms with Crippen molar-refractivity contribution in [3.05, 3.63) is 18.3 Å². The van der Waals surface area contributed by atoms with Crippen LogP contribution in [0.3, 0.4) is 0 Å². The predicted octanol–water partition coefficient (Wildman–Crippen LogP) is 1.48. The number of anilines is 2. The number of nitrogens with zero attached hydrogens (tertiary/aromatic N) is 4. The number of morpholine rings is 1. The van der Waals surface area contributed by atoms with Crippen LogP contribution < -0.4 is 10.2 Å². The first-order chi connectivity index (χ1) is 11.7. The van der Waals surface area contributed by atoms with Gasteiger partial charge in [-0.05, 0) is 25.1 Å². The summed E-state index contributed by atoms with van der Waals surface area (Å²) in [5, 5.41) is 2.94. The molecule has 0 saturated carbocycles. The molecular weight excluding hydrogens is 306 g/mol. The van der Waals surface area contributed by atoms with Crippen molar-refractivity contribution in [1.82, 2.24) is 14.8 Å². The molecule has 24 heavy (non-hydrogen) atoms. The zero-order valence-electron chi connectivity index (χ0n) is 14.6. The highest BCUT2D eigenvalue weighted by Gasteiger charge is 2.27. The van der Waals surface area contributed by atoms with E-state index in [2.05, 4.69) is 27.0 Å². The van der Waals surface area contributed by atoms with Gasteiger partial charge in [0, 0.05) is 39.3 Å². The summed E-state index contributed by atoms with van der Waals surface area (Å²) in [6, 6.07) is 4.08. The molecule has 7 nitrogen and oxygen atoms in total. The maximum atomic E-state index is 12.4. The Labute approximate surface area is 143 Å². The first kappa shape index (κ1) is 17.0. The zero-order chi connectivity index (χ0) is 16.9. The fourth-order valence-corrected chi connectivity index (χ4v) is 3.23. The zero-order valence-corrected chi connectivity index (χ0v) is 14.6. The lowest BCUT2D eigenvalue weighted by molar-refractivity contribution is 0.122. The van der Waals surface area contributed by atoms with Gasteiger partial charge in [0.05, 0.1) is 25.1 Å². The summed E-state index contributed by atoms with van der Waals surface area (Å²) in [4.78, 5) is 23.3. The number of nitrogens with one attached hydrogen (secondary N) is 1. The number of urea groups is 1. The fourth-order valence-electron chi connectivity index (χ4n) is 3.23. The van der Waals surface area contributed by atoms with Crippen molar-refractivity contribution >= 4 is 17.5 Å². The molecule has 1 atom stereocenters. The first-order valence-electron chi connectivity index (χ1n) is 8.72. The molecule has 0 unspecified atom stereocenters. The molecule has 2 saturated heterocycles. The van der Waals surface area contributed by atoms with Gasteiger partial charge in [0.1, 0.15) is 5.82 Å². The van der Waals surface area contributed by atoms with E-state index < -0.39 is 0 Å². The Morgan fingerprint density at radius 3 is 2.79 bits per heavy atom. The molecule has 132 valence electrons. The highest BCUT2D eigenvalue weighted by molar-refractivity contribution is 5.89. The van der Waals surface area contributed by atoms with Gasteiger partial charge in [-0.25, -0.2) is 9.78 Å². The molecule has 0 bridgehead atoms. The van der Waals surface area contributed by atoms with Gasteiger partial charge in [-0.1, -0.05) is 6.92 Å². The molecule has 1 aromatic rings. The maximum absolute atomic E-state index is 12.4. The van der Waals surface area contributed by atoms with Crippen LogP contribution in [-0.4, -0.2) is 79.8 Å². The SMILES string of the molecule is CCN1CC[C@H](N(C)C(=O)Nc2ccc(N3CCOCC3)nc2)C1. The minimum Gasteiger partial charge on any atom is -0.378 e. The number of likely N-dealkylation sites (tertiary alicyclic amines) is 1. The lowest BCUT2D eigenvalue weighted by Gasteiger charge is -2.28. The molecule has 2 aliphatic heterocycles. The molecule has 3 rings (SSSR count). The normalized spacial score (nSPS) is 21.8. The van der Waals surface area contributed by atoms with Crippen LogP contribution in [0.15, 0.2) is 18.3 Å². The van der Waals surface area contributed by atoms with Gasteiger partial charge in [0.25, 0.3) is 0 Å². The molecule has 0 aliphatic carbocycles. The van der Waals surface area contributed by atoms with Crippen LogP contribution in [0.1, 0.15) is 13.3 Å². The highest BCUT2D eigenvalue weighted by atomic mass is 16.5. The number of hydrogen-bond donors (Lipinski definition) is 1.